The summed E-state index contributed by atoms with van der Waals surface area (Å²) < 4.78 is 18.5. The first-order valence-electron chi connectivity index (χ1n) is 6.80. The van der Waals surface area contributed by atoms with Gasteiger partial charge in [-0.25, -0.2) is 4.39 Å². The molecule has 5 nitrogen and oxygen atoms in total. The molecule has 0 saturated carbocycles. The van der Waals surface area contributed by atoms with Crippen molar-refractivity contribution in [1.29, 1.82) is 0 Å². The van der Waals surface area contributed by atoms with E-state index < -0.39 is 23.7 Å². The fourth-order valence-corrected chi connectivity index (χ4v) is 2.25. The normalized spacial score (nSPS) is 11.7. The first-order chi connectivity index (χ1) is 11.3. The molecular weight excluding hydrogens is 358 g/mol. The smallest absolute Gasteiger partial charge is 0.265 e. The molecule has 0 unspecified atom stereocenters. The number of primary amides is 1. The molecule has 126 valence electrons. The van der Waals surface area contributed by atoms with Crippen molar-refractivity contribution in [3.63, 3.8) is 0 Å². The Hall–Kier alpha value is -2.31. The van der Waals surface area contributed by atoms with Crippen molar-refractivity contribution in [2.75, 3.05) is 5.32 Å². The van der Waals surface area contributed by atoms with E-state index >= 15 is 0 Å². The van der Waals surface area contributed by atoms with Crippen LogP contribution in [-0.2, 0) is 4.79 Å². The van der Waals surface area contributed by atoms with Gasteiger partial charge in [-0.3, -0.25) is 9.59 Å². The molecule has 8 heteroatoms. The second kappa shape index (κ2) is 7.51. The van der Waals surface area contributed by atoms with Crippen molar-refractivity contribution in [2.24, 2.45) is 5.73 Å². The quantitative estimate of drug-likeness (QED) is 0.842. The van der Waals surface area contributed by atoms with E-state index in [9.17, 15) is 14.0 Å². The molecule has 0 heterocycles. The van der Waals surface area contributed by atoms with E-state index in [0.29, 0.717) is 5.02 Å². The Balaban J connectivity index is 2.13. The van der Waals surface area contributed by atoms with Crippen molar-refractivity contribution >= 4 is 40.7 Å². The zero-order valence-electron chi connectivity index (χ0n) is 12.5. The van der Waals surface area contributed by atoms with E-state index in [1.807, 2.05) is 0 Å². The Morgan fingerprint density at radius 3 is 2.54 bits per heavy atom. The second-order valence-electron chi connectivity index (χ2n) is 4.88. The fraction of sp³-hybridized carbons (Fsp3) is 0.125. The van der Waals surface area contributed by atoms with E-state index in [-0.39, 0.29) is 22.0 Å². The Morgan fingerprint density at radius 1 is 1.21 bits per heavy atom. The van der Waals surface area contributed by atoms with Gasteiger partial charge in [-0.05, 0) is 43.3 Å². The highest BCUT2D eigenvalue weighted by molar-refractivity contribution is 6.33. The van der Waals surface area contributed by atoms with Crippen LogP contribution >= 0.6 is 23.2 Å². The third-order valence-electron chi connectivity index (χ3n) is 3.07. The van der Waals surface area contributed by atoms with E-state index in [0.717, 1.165) is 12.1 Å². The zero-order valence-corrected chi connectivity index (χ0v) is 14.0. The molecule has 2 amide bonds. The third-order valence-corrected chi connectivity index (χ3v) is 3.62. The molecule has 0 fully saturated rings. The molecule has 0 bridgehead atoms. The summed E-state index contributed by atoms with van der Waals surface area (Å²) in [5.41, 5.74) is 5.56. The molecule has 0 aliphatic rings. The van der Waals surface area contributed by atoms with Crippen LogP contribution in [0.2, 0.25) is 10.0 Å². The van der Waals surface area contributed by atoms with Gasteiger partial charge >= 0.3 is 0 Å². The minimum Gasteiger partial charge on any atom is -0.480 e. The molecule has 0 saturated heterocycles. The van der Waals surface area contributed by atoms with Gasteiger partial charge in [0, 0.05) is 5.02 Å². The summed E-state index contributed by atoms with van der Waals surface area (Å²) in [5.74, 6) is -1.66. The van der Waals surface area contributed by atoms with Crippen molar-refractivity contribution in [2.45, 2.75) is 13.0 Å². The van der Waals surface area contributed by atoms with E-state index in [4.69, 9.17) is 33.7 Å². The third kappa shape index (κ3) is 4.37. The average molecular weight is 371 g/mol. The van der Waals surface area contributed by atoms with Crippen LogP contribution in [0.4, 0.5) is 10.1 Å². The van der Waals surface area contributed by atoms with Crippen LogP contribution in [-0.4, -0.2) is 17.9 Å². The van der Waals surface area contributed by atoms with Crippen LogP contribution in [0.3, 0.4) is 0 Å². The molecule has 0 radical (unpaired) electrons. The van der Waals surface area contributed by atoms with Gasteiger partial charge in [0.05, 0.1) is 16.3 Å². The van der Waals surface area contributed by atoms with E-state index in [2.05, 4.69) is 5.32 Å². The lowest BCUT2D eigenvalue weighted by Gasteiger charge is -2.17. The topological polar surface area (TPSA) is 81.4 Å². The van der Waals surface area contributed by atoms with Crippen LogP contribution < -0.4 is 15.8 Å². The van der Waals surface area contributed by atoms with Crippen molar-refractivity contribution in [3.8, 4) is 5.75 Å². The highest BCUT2D eigenvalue weighted by atomic mass is 35.5. The van der Waals surface area contributed by atoms with Gasteiger partial charge in [-0.2, -0.15) is 0 Å². The lowest BCUT2D eigenvalue weighted by Crippen LogP contribution is -2.31. The molecule has 0 spiro atoms. The number of hydrogen-bond acceptors (Lipinski definition) is 3. The van der Waals surface area contributed by atoms with Crippen LogP contribution in [0.15, 0.2) is 36.4 Å². The van der Waals surface area contributed by atoms with E-state index in [1.54, 1.807) is 0 Å². The summed E-state index contributed by atoms with van der Waals surface area (Å²) in [6.45, 7) is 1.48. The predicted molar refractivity (Wildman–Crippen MR) is 90.1 cm³/mol. The monoisotopic (exact) mass is 370 g/mol. The van der Waals surface area contributed by atoms with Gasteiger partial charge in [0.2, 0.25) is 0 Å². The molecule has 2 rings (SSSR count). The largest absolute Gasteiger partial charge is 0.480 e. The Kier molecular flexibility index (Phi) is 5.64. The summed E-state index contributed by atoms with van der Waals surface area (Å²) in [6.07, 6.45) is -0.967. The van der Waals surface area contributed by atoms with Crippen LogP contribution in [0.5, 0.6) is 5.75 Å². The van der Waals surface area contributed by atoms with Gasteiger partial charge in [0.15, 0.2) is 6.10 Å². The Labute approximate surface area is 147 Å². The van der Waals surface area contributed by atoms with Crippen LogP contribution in [0.1, 0.15) is 17.3 Å². The number of nitrogens with one attached hydrogen (secondary N) is 1. The summed E-state index contributed by atoms with van der Waals surface area (Å²) in [6, 6.07) is 7.87. The number of rotatable bonds is 5. The maximum Gasteiger partial charge on any atom is 0.265 e. The SMILES string of the molecule is C[C@@H](Oc1ccc(Cl)cc1C(N)=O)C(=O)Nc1ccc(F)cc1Cl. The number of ether oxygens (including phenoxy) is 1. The molecule has 1 atom stereocenters. The molecule has 3 N–H and O–H groups in total. The highest BCUT2D eigenvalue weighted by Gasteiger charge is 2.19. The Bertz CT molecular complexity index is 799. The fourth-order valence-electron chi connectivity index (χ4n) is 1.87. The second-order valence-corrected chi connectivity index (χ2v) is 5.72. The average Bonchev–Trinajstić information content (AvgIpc) is 2.51. The van der Waals surface area contributed by atoms with Gasteiger partial charge in [0.25, 0.3) is 11.8 Å². The number of carbonyl (C=O) groups excluding carboxylic acids is 2. The van der Waals surface area contributed by atoms with Gasteiger partial charge in [-0.1, -0.05) is 23.2 Å². The summed E-state index contributed by atoms with van der Waals surface area (Å²) in [5, 5.41) is 2.88. The lowest BCUT2D eigenvalue weighted by atomic mass is 10.2. The Morgan fingerprint density at radius 2 is 1.92 bits per heavy atom. The molecule has 0 aromatic heterocycles. The van der Waals surface area contributed by atoms with Gasteiger partial charge in [0.1, 0.15) is 11.6 Å². The summed E-state index contributed by atoms with van der Waals surface area (Å²) in [7, 11) is 0. The van der Waals surface area contributed by atoms with Gasteiger partial charge in [-0.15, -0.1) is 0 Å². The zero-order chi connectivity index (χ0) is 17.9. The van der Waals surface area contributed by atoms with Gasteiger partial charge < -0.3 is 15.8 Å². The minimum atomic E-state index is -0.967. The van der Waals surface area contributed by atoms with Crippen molar-refractivity contribution in [1.82, 2.24) is 0 Å². The minimum absolute atomic E-state index is 0.0554. The summed E-state index contributed by atoms with van der Waals surface area (Å²) >= 11 is 11.7. The molecule has 2 aromatic carbocycles. The van der Waals surface area contributed by atoms with Crippen molar-refractivity contribution < 1.29 is 18.7 Å². The number of nitrogens with two attached hydrogens (primary N) is 1. The molecule has 0 aliphatic carbocycles. The molecule has 24 heavy (non-hydrogen) atoms. The number of halogens is 3. The number of anilines is 1. The number of amides is 2. The first-order valence-corrected chi connectivity index (χ1v) is 7.55. The van der Waals surface area contributed by atoms with E-state index in [1.165, 1.54) is 31.2 Å². The molecule has 2 aromatic rings. The maximum absolute atomic E-state index is 13.0. The number of carbonyl (C=O) groups is 2. The van der Waals surface area contributed by atoms with Crippen LogP contribution in [0, 0.1) is 5.82 Å². The highest BCUT2D eigenvalue weighted by Crippen LogP contribution is 2.25. The first kappa shape index (κ1) is 18.0. The lowest BCUT2D eigenvalue weighted by molar-refractivity contribution is -0.122. The predicted octanol–water partition coefficient (Wildman–Crippen LogP) is 3.64. The van der Waals surface area contributed by atoms with Crippen molar-refractivity contribution in [3.05, 3.63) is 57.8 Å². The van der Waals surface area contributed by atoms with Crippen LogP contribution in [0.25, 0.3) is 0 Å². The maximum atomic E-state index is 13.0. The standard InChI is InChI=1S/C16H13Cl2FN2O3/c1-8(16(23)21-13-4-3-10(19)7-12(13)18)24-14-5-2-9(17)6-11(14)15(20)22/h2-8H,1H3,(H2,20,22)(H,21,23)/t8-/m1/s1. The number of benzene rings is 2. The summed E-state index contributed by atoms with van der Waals surface area (Å²) in [4.78, 5) is 23.6. The molecular formula is C16H13Cl2FN2O3. The number of hydrogen-bond donors (Lipinski definition) is 2. The molecule has 0 aliphatic heterocycles.